The molecule has 0 amide bonds. The van der Waals surface area contributed by atoms with E-state index in [4.69, 9.17) is 4.74 Å². The molecule has 0 saturated heterocycles. The monoisotopic (exact) mass is 191 g/mol. The van der Waals surface area contributed by atoms with Gasteiger partial charge in [-0.25, -0.2) is 0 Å². The Labute approximate surface area is 83.1 Å². The highest BCUT2D eigenvalue weighted by atomic mass is 16.5. The molecule has 1 unspecified atom stereocenters. The second kappa shape index (κ2) is 3.01. The van der Waals surface area contributed by atoms with Crippen molar-refractivity contribution >= 4 is 11.7 Å². The molecular formula is C11H13NO2. The number of ether oxygens (including phenoxy) is 1. The molecule has 1 aliphatic rings. The van der Waals surface area contributed by atoms with E-state index in [1.54, 1.807) is 0 Å². The Balaban J connectivity index is 2.47. The van der Waals surface area contributed by atoms with Gasteiger partial charge in [0.1, 0.15) is 5.41 Å². The van der Waals surface area contributed by atoms with E-state index in [0.717, 1.165) is 11.3 Å². The van der Waals surface area contributed by atoms with E-state index in [1.807, 2.05) is 31.2 Å². The summed E-state index contributed by atoms with van der Waals surface area (Å²) in [4.78, 5) is 11.6. The third-order valence-electron chi connectivity index (χ3n) is 2.79. The highest BCUT2D eigenvalue weighted by Crippen LogP contribution is 2.36. The molecule has 1 aliphatic heterocycles. The molecule has 0 saturated carbocycles. The van der Waals surface area contributed by atoms with Crippen LogP contribution < -0.4 is 5.32 Å². The topological polar surface area (TPSA) is 38.3 Å². The number of fused-ring (bicyclic) bond motifs is 1. The van der Waals surface area contributed by atoms with Crippen molar-refractivity contribution in [3.05, 3.63) is 29.8 Å². The lowest BCUT2D eigenvalue weighted by Gasteiger charge is -2.20. The maximum absolute atomic E-state index is 11.6. The summed E-state index contributed by atoms with van der Waals surface area (Å²) in [5.74, 6) is -0.185. The van der Waals surface area contributed by atoms with Gasteiger partial charge in [-0.3, -0.25) is 4.79 Å². The van der Waals surface area contributed by atoms with E-state index in [0.29, 0.717) is 6.54 Å². The van der Waals surface area contributed by atoms with Crippen LogP contribution >= 0.6 is 0 Å². The van der Waals surface area contributed by atoms with Crippen molar-refractivity contribution in [1.29, 1.82) is 0 Å². The van der Waals surface area contributed by atoms with Gasteiger partial charge in [-0.2, -0.15) is 0 Å². The van der Waals surface area contributed by atoms with Crippen molar-refractivity contribution in [3.8, 4) is 0 Å². The smallest absolute Gasteiger partial charge is 0.317 e. The number of carbonyl (C=O) groups excluding carboxylic acids is 1. The fourth-order valence-electron chi connectivity index (χ4n) is 1.89. The summed E-state index contributed by atoms with van der Waals surface area (Å²) >= 11 is 0. The number of hydrogen-bond donors (Lipinski definition) is 1. The molecule has 0 bridgehead atoms. The molecule has 1 atom stereocenters. The van der Waals surface area contributed by atoms with E-state index in [9.17, 15) is 4.79 Å². The van der Waals surface area contributed by atoms with Gasteiger partial charge in [-0.1, -0.05) is 18.2 Å². The summed E-state index contributed by atoms with van der Waals surface area (Å²) in [5, 5.41) is 3.21. The number of methoxy groups -OCH3 is 1. The van der Waals surface area contributed by atoms with Crippen LogP contribution in [0, 0.1) is 0 Å². The molecule has 0 radical (unpaired) electrons. The fourth-order valence-corrected chi connectivity index (χ4v) is 1.89. The van der Waals surface area contributed by atoms with Gasteiger partial charge in [0.2, 0.25) is 0 Å². The van der Waals surface area contributed by atoms with E-state index in [2.05, 4.69) is 5.32 Å². The van der Waals surface area contributed by atoms with Crippen LogP contribution in [-0.4, -0.2) is 19.6 Å². The van der Waals surface area contributed by atoms with Crippen molar-refractivity contribution in [2.45, 2.75) is 12.3 Å². The lowest BCUT2D eigenvalue weighted by molar-refractivity contribution is -0.146. The molecule has 1 aromatic rings. The number of anilines is 1. The van der Waals surface area contributed by atoms with Gasteiger partial charge in [0, 0.05) is 12.2 Å². The van der Waals surface area contributed by atoms with Gasteiger partial charge < -0.3 is 10.1 Å². The van der Waals surface area contributed by atoms with Gasteiger partial charge >= 0.3 is 5.97 Å². The first-order valence-electron chi connectivity index (χ1n) is 4.60. The van der Waals surface area contributed by atoms with E-state index in [-0.39, 0.29) is 5.97 Å². The van der Waals surface area contributed by atoms with Crippen LogP contribution in [-0.2, 0) is 14.9 Å². The molecule has 0 aliphatic carbocycles. The largest absolute Gasteiger partial charge is 0.468 e. The molecule has 3 nitrogen and oxygen atoms in total. The lowest BCUT2D eigenvalue weighted by Crippen LogP contribution is -2.35. The van der Waals surface area contributed by atoms with Crippen LogP contribution in [0.5, 0.6) is 0 Å². The fraction of sp³-hybridized carbons (Fsp3) is 0.364. The zero-order chi connectivity index (χ0) is 10.2. The highest BCUT2D eigenvalue weighted by Gasteiger charge is 2.41. The Morgan fingerprint density at radius 1 is 1.50 bits per heavy atom. The molecule has 0 aromatic heterocycles. The number of rotatable bonds is 1. The normalized spacial score (nSPS) is 23.9. The zero-order valence-corrected chi connectivity index (χ0v) is 8.33. The van der Waals surface area contributed by atoms with Crippen molar-refractivity contribution < 1.29 is 9.53 Å². The molecule has 0 spiro atoms. The number of nitrogens with one attached hydrogen (secondary N) is 1. The number of hydrogen-bond acceptors (Lipinski definition) is 3. The summed E-state index contributed by atoms with van der Waals surface area (Å²) in [6, 6.07) is 7.83. The molecule has 74 valence electrons. The van der Waals surface area contributed by atoms with Gasteiger partial charge in [0.05, 0.1) is 7.11 Å². The number of esters is 1. The first-order valence-corrected chi connectivity index (χ1v) is 4.60. The number of carbonyl (C=O) groups is 1. The summed E-state index contributed by atoms with van der Waals surface area (Å²) < 4.78 is 4.82. The van der Waals surface area contributed by atoms with Crippen LogP contribution in [0.1, 0.15) is 12.5 Å². The van der Waals surface area contributed by atoms with Crippen molar-refractivity contribution in [2.75, 3.05) is 19.0 Å². The maximum Gasteiger partial charge on any atom is 0.317 e. The third-order valence-corrected chi connectivity index (χ3v) is 2.79. The first kappa shape index (κ1) is 9.06. The second-order valence-electron chi connectivity index (χ2n) is 3.72. The molecule has 1 aromatic carbocycles. The zero-order valence-electron chi connectivity index (χ0n) is 8.33. The van der Waals surface area contributed by atoms with Gasteiger partial charge in [-0.05, 0) is 18.6 Å². The third kappa shape index (κ3) is 1.09. The van der Waals surface area contributed by atoms with Gasteiger partial charge in [0.25, 0.3) is 0 Å². The predicted molar refractivity (Wildman–Crippen MR) is 54.3 cm³/mol. The Morgan fingerprint density at radius 2 is 2.21 bits per heavy atom. The van der Waals surface area contributed by atoms with Crippen LogP contribution in [0.25, 0.3) is 0 Å². The minimum Gasteiger partial charge on any atom is -0.468 e. The molecule has 1 heterocycles. The Kier molecular flexibility index (Phi) is 1.95. The first-order chi connectivity index (χ1) is 6.68. The Morgan fingerprint density at radius 3 is 2.93 bits per heavy atom. The Bertz CT molecular complexity index is 375. The molecule has 1 N–H and O–H groups in total. The summed E-state index contributed by atoms with van der Waals surface area (Å²) in [7, 11) is 1.43. The van der Waals surface area contributed by atoms with Crippen molar-refractivity contribution in [3.63, 3.8) is 0 Å². The van der Waals surface area contributed by atoms with Crippen LogP contribution in [0.3, 0.4) is 0 Å². The van der Waals surface area contributed by atoms with Crippen molar-refractivity contribution in [2.24, 2.45) is 0 Å². The Hall–Kier alpha value is -1.51. The molecule has 0 fully saturated rings. The minimum atomic E-state index is -0.536. The average Bonchev–Trinajstić information content (AvgIpc) is 2.58. The molecule has 3 heteroatoms. The van der Waals surface area contributed by atoms with E-state index >= 15 is 0 Å². The molecule has 14 heavy (non-hydrogen) atoms. The predicted octanol–water partition coefficient (Wildman–Crippen LogP) is 1.54. The number of para-hydroxylation sites is 1. The minimum absolute atomic E-state index is 0.185. The average molecular weight is 191 g/mol. The van der Waals surface area contributed by atoms with Crippen LogP contribution in [0.4, 0.5) is 5.69 Å². The summed E-state index contributed by atoms with van der Waals surface area (Å²) in [6.07, 6.45) is 0. The summed E-state index contributed by atoms with van der Waals surface area (Å²) in [5.41, 5.74) is 1.51. The van der Waals surface area contributed by atoms with E-state index < -0.39 is 5.41 Å². The van der Waals surface area contributed by atoms with Gasteiger partial charge in [0.15, 0.2) is 0 Å². The molecular weight excluding hydrogens is 178 g/mol. The van der Waals surface area contributed by atoms with Crippen molar-refractivity contribution in [1.82, 2.24) is 0 Å². The standard InChI is InChI=1S/C11H13NO2/c1-11(10(13)14-2)7-12-9-6-4-3-5-8(9)11/h3-6,12H,7H2,1-2H3. The van der Waals surface area contributed by atoms with Gasteiger partial charge in [-0.15, -0.1) is 0 Å². The maximum atomic E-state index is 11.6. The van der Waals surface area contributed by atoms with E-state index in [1.165, 1.54) is 7.11 Å². The van der Waals surface area contributed by atoms with Crippen LogP contribution in [0.2, 0.25) is 0 Å². The quantitative estimate of drug-likeness (QED) is 0.684. The summed E-state index contributed by atoms with van der Waals surface area (Å²) in [6.45, 7) is 2.51. The SMILES string of the molecule is COC(=O)C1(C)CNc2ccccc21. The highest BCUT2D eigenvalue weighted by molar-refractivity contribution is 5.88. The second-order valence-corrected chi connectivity index (χ2v) is 3.72. The van der Waals surface area contributed by atoms with Crippen LogP contribution in [0.15, 0.2) is 24.3 Å². The molecule has 2 rings (SSSR count). The lowest BCUT2D eigenvalue weighted by atomic mass is 9.85. The number of benzene rings is 1.